The van der Waals surface area contributed by atoms with Crippen molar-refractivity contribution < 1.29 is 13.2 Å². The Bertz CT molecular complexity index is 1140. The van der Waals surface area contributed by atoms with Gasteiger partial charge in [-0.2, -0.15) is 4.31 Å². The van der Waals surface area contributed by atoms with Crippen LogP contribution >= 0.6 is 11.3 Å². The number of sulfonamides is 1. The van der Waals surface area contributed by atoms with E-state index in [9.17, 15) is 13.2 Å². The molecule has 1 amide bonds. The predicted octanol–water partition coefficient (Wildman–Crippen LogP) is 4.63. The van der Waals surface area contributed by atoms with Crippen molar-refractivity contribution in [2.75, 3.05) is 18.4 Å². The lowest BCUT2D eigenvalue weighted by atomic mass is 10.0. The van der Waals surface area contributed by atoms with Crippen molar-refractivity contribution in [3.05, 3.63) is 82.6 Å². The van der Waals surface area contributed by atoms with Gasteiger partial charge in [0.15, 0.2) is 0 Å². The molecule has 33 heavy (non-hydrogen) atoms. The van der Waals surface area contributed by atoms with Crippen molar-refractivity contribution in [1.29, 1.82) is 0 Å². The zero-order valence-corrected chi connectivity index (χ0v) is 20.2. The molecule has 0 saturated carbocycles. The molecule has 4 rings (SSSR count). The van der Waals surface area contributed by atoms with E-state index in [0.29, 0.717) is 18.8 Å². The highest BCUT2D eigenvalue weighted by Crippen LogP contribution is 2.27. The van der Waals surface area contributed by atoms with Crippen LogP contribution in [0.1, 0.15) is 42.7 Å². The zero-order valence-electron chi connectivity index (χ0n) is 18.6. The fourth-order valence-corrected chi connectivity index (χ4v) is 6.31. The highest BCUT2D eigenvalue weighted by molar-refractivity contribution is 7.89. The van der Waals surface area contributed by atoms with Crippen LogP contribution in [0.15, 0.2) is 77.0 Å². The molecule has 0 spiro atoms. The Morgan fingerprint density at radius 3 is 2.27 bits per heavy atom. The van der Waals surface area contributed by atoms with E-state index in [0.717, 1.165) is 29.7 Å². The van der Waals surface area contributed by atoms with E-state index in [-0.39, 0.29) is 16.8 Å². The number of hydrogen-bond acceptors (Lipinski definition) is 5. The van der Waals surface area contributed by atoms with Crippen LogP contribution in [0, 0.1) is 0 Å². The minimum atomic E-state index is -3.49. The Kier molecular flexibility index (Phi) is 7.60. The molecule has 8 heteroatoms. The Labute approximate surface area is 199 Å². The van der Waals surface area contributed by atoms with Crippen molar-refractivity contribution in [2.24, 2.45) is 0 Å². The number of benzene rings is 2. The van der Waals surface area contributed by atoms with Gasteiger partial charge >= 0.3 is 0 Å². The molecule has 2 unspecified atom stereocenters. The van der Waals surface area contributed by atoms with Gasteiger partial charge in [0.1, 0.15) is 0 Å². The maximum absolute atomic E-state index is 12.9. The topological polar surface area (TPSA) is 78.5 Å². The number of rotatable bonds is 8. The minimum absolute atomic E-state index is 0.0935. The van der Waals surface area contributed by atoms with E-state index in [4.69, 9.17) is 0 Å². The molecule has 6 nitrogen and oxygen atoms in total. The molecule has 2 aromatic carbocycles. The first-order valence-corrected chi connectivity index (χ1v) is 13.5. The smallest absolute Gasteiger partial charge is 0.243 e. The van der Waals surface area contributed by atoms with Gasteiger partial charge in [-0.1, -0.05) is 42.8 Å². The summed E-state index contributed by atoms with van der Waals surface area (Å²) in [5.41, 5.74) is 1.66. The standard InChI is InChI=1S/C25H29N3O3S2/c1-19(26-24(23-11-8-18-32-23)20-9-4-2-5-10-20)25(29)27-21-12-14-22(15-13-21)33(30,31)28-16-6-3-7-17-28/h2,4-5,8-15,18-19,24,26H,3,6-7,16-17H2,1H3,(H,27,29). The van der Waals surface area contributed by atoms with Crippen LogP contribution in [0.5, 0.6) is 0 Å². The van der Waals surface area contributed by atoms with E-state index in [1.165, 1.54) is 0 Å². The molecule has 1 aliphatic heterocycles. The fourth-order valence-electron chi connectivity index (χ4n) is 3.98. The van der Waals surface area contributed by atoms with Crippen LogP contribution < -0.4 is 10.6 Å². The number of anilines is 1. The molecular weight excluding hydrogens is 454 g/mol. The summed E-state index contributed by atoms with van der Waals surface area (Å²) >= 11 is 1.64. The number of thiophene rings is 1. The van der Waals surface area contributed by atoms with Crippen molar-refractivity contribution >= 4 is 33.0 Å². The lowest BCUT2D eigenvalue weighted by Crippen LogP contribution is -2.40. The lowest BCUT2D eigenvalue weighted by molar-refractivity contribution is -0.117. The van der Waals surface area contributed by atoms with Gasteiger partial charge in [-0.15, -0.1) is 11.3 Å². The van der Waals surface area contributed by atoms with Crippen LogP contribution in [0.25, 0.3) is 0 Å². The second kappa shape index (κ2) is 10.6. The number of carbonyl (C=O) groups excluding carboxylic acids is 1. The molecule has 3 aromatic rings. The summed E-state index contributed by atoms with van der Waals surface area (Å²) in [7, 11) is -3.49. The fraction of sp³-hybridized carbons (Fsp3) is 0.320. The molecule has 0 radical (unpaired) electrons. The summed E-state index contributed by atoms with van der Waals surface area (Å²) in [4.78, 5) is 14.3. The molecule has 2 N–H and O–H groups in total. The van der Waals surface area contributed by atoms with Crippen LogP contribution in [-0.2, 0) is 14.8 Å². The molecule has 0 aliphatic carbocycles. The van der Waals surface area contributed by atoms with Crippen LogP contribution in [0.3, 0.4) is 0 Å². The molecule has 1 aliphatic rings. The third kappa shape index (κ3) is 5.70. The SMILES string of the molecule is CC(NC(c1ccccc1)c1cccs1)C(=O)Nc1ccc(S(=O)(=O)N2CCCCC2)cc1. The van der Waals surface area contributed by atoms with E-state index < -0.39 is 16.1 Å². The first-order chi connectivity index (χ1) is 15.9. The Morgan fingerprint density at radius 2 is 1.64 bits per heavy atom. The summed E-state index contributed by atoms with van der Waals surface area (Å²) in [5, 5.41) is 8.35. The Balaban J connectivity index is 1.42. The maximum atomic E-state index is 12.9. The van der Waals surface area contributed by atoms with Gasteiger partial charge in [0.05, 0.1) is 17.0 Å². The number of carbonyl (C=O) groups is 1. The summed E-state index contributed by atoms with van der Waals surface area (Å²) in [6.07, 6.45) is 2.86. The van der Waals surface area contributed by atoms with Crippen molar-refractivity contribution in [3.63, 3.8) is 0 Å². The monoisotopic (exact) mass is 483 g/mol. The van der Waals surface area contributed by atoms with Gasteiger partial charge in [-0.05, 0) is 61.0 Å². The number of piperidine rings is 1. The molecule has 1 saturated heterocycles. The first kappa shape index (κ1) is 23.6. The molecule has 174 valence electrons. The highest BCUT2D eigenvalue weighted by atomic mass is 32.2. The van der Waals surface area contributed by atoms with E-state index in [1.54, 1.807) is 39.9 Å². The second-order valence-corrected chi connectivity index (χ2v) is 11.1. The van der Waals surface area contributed by atoms with Crippen LogP contribution in [0.4, 0.5) is 5.69 Å². The minimum Gasteiger partial charge on any atom is -0.325 e. The summed E-state index contributed by atoms with van der Waals surface area (Å²) in [6.45, 7) is 2.96. The number of hydrogen-bond donors (Lipinski definition) is 2. The Hall–Kier alpha value is -2.52. The van der Waals surface area contributed by atoms with Gasteiger partial charge in [0.2, 0.25) is 15.9 Å². The predicted molar refractivity (Wildman–Crippen MR) is 133 cm³/mol. The van der Waals surface area contributed by atoms with Gasteiger partial charge < -0.3 is 5.32 Å². The molecule has 0 bridgehead atoms. The van der Waals surface area contributed by atoms with Crippen LogP contribution in [-0.4, -0.2) is 37.8 Å². The van der Waals surface area contributed by atoms with Crippen molar-refractivity contribution in [2.45, 2.75) is 43.2 Å². The molecule has 1 aromatic heterocycles. The van der Waals surface area contributed by atoms with Gasteiger partial charge in [-0.3, -0.25) is 10.1 Å². The number of amides is 1. The van der Waals surface area contributed by atoms with Crippen molar-refractivity contribution in [3.8, 4) is 0 Å². The van der Waals surface area contributed by atoms with Gasteiger partial charge in [-0.25, -0.2) is 8.42 Å². The highest BCUT2D eigenvalue weighted by Gasteiger charge is 2.26. The third-order valence-electron chi connectivity index (χ3n) is 5.85. The van der Waals surface area contributed by atoms with Gasteiger partial charge in [0, 0.05) is 23.7 Å². The van der Waals surface area contributed by atoms with Crippen molar-refractivity contribution in [1.82, 2.24) is 9.62 Å². The largest absolute Gasteiger partial charge is 0.325 e. The Morgan fingerprint density at radius 1 is 0.939 bits per heavy atom. The maximum Gasteiger partial charge on any atom is 0.243 e. The quantitative estimate of drug-likeness (QED) is 0.490. The summed E-state index contributed by atoms with van der Waals surface area (Å²) in [5.74, 6) is -0.181. The second-order valence-electron chi connectivity index (χ2n) is 8.23. The molecular formula is C25H29N3O3S2. The summed E-state index contributed by atoms with van der Waals surface area (Å²) < 4.78 is 27.2. The van der Waals surface area contributed by atoms with Crippen LogP contribution in [0.2, 0.25) is 0 Å². The average Bonchev–Trinajstić information content (AvgIpc) is 3.38. The van der Waals surface area contributed by atoms with E-state index in [1.807, 2.05) is 48.7 Å². The third-order valence-corrected chi connectivity index (χ3v) is 8.70. The normalized spacial score (nSPS) is 16.8. The summed E-state index contributed by atoms with van der Waals surface area (Å²) in [6, 6.07) is 20.0. The molecule has 2 atom stereocenters. The number of nitrogens with one attached hydrogen (secondary N) is 2. The zero-order chi connectivity index (χ0) is 23.3. The lowest BCUT2D eigenvalue weighted by Gasteiger charge is -2.26. The van der Waals surface area contributed by atoms with E-state index in [2.05, 4.69) is 16.7 Å². The van der Waals surface area contributed by atoms with Gasteiger partial charge in [0.25, 0.3) is 0 Å². The average molecular weight is 484 g/mol. The van der Waals surface area contributed by atoms with E-state index >= 15 is 0 Å². The first-order valence-electron chi connectivity index (χ1n) is 11.2. The molecule has 2 heterocycles. The molecule has 1 fully saturated rings. The number of nitrogens with zero attached hydrogens (tertiary/aromatic N) is 1.